The summed E-state index contributed by atoms with van der Waals surface area (Å²) in [5.74, 6) is 0.715. The quantitative estimate of drug-likeness (QED) is 0.802. The van der Waals surface area contributed by atoms with Gasteiger partial charge in [-0.2, -0.15) is 0 Å². The minimum absolute atomic E-state index is 0.142. The monoisotopic (exact) mass is 240 g/mol. The van der Waals surface area contributed by atoms with E-state index in [4.69, 9.17) is 0 Å². The van der Waals surface area contributed by atoms with Gasteiger partial charge in [-0.15, -0.1) is 0 Å². The molecule has 1 fully saturated rings. The molecule has 1 unspecified atom stereocenters. The Balaban J connectivity index is 2.26. The van der Waals surface area contributed by atoms with Crippen molar-refractivity contribution >= 4 is 6.03 Å². The van der Waals surface area contributed by atoms with Gasteiger partial charge in [0.1, 0.15) is 0 Å². The van der Waals surface area contributed by atoms with Crippen LogP contribution in [0.15, 0.2) is 0 Å². The molecule has 2 amide bonds. The molecule has 0 bridgehead atoms. The van der Waals surface area contributed by atoms with Crippen molar-refractivity contribution in [1.82, 2.24) is 10.2 Å². The third kappa shape index (κ3) is 5.94. The Morgan fingerprint density at radius 1 is 1.06 bits per heavy atom. The first-order chi connectivity index (χ1) is 8.09. The second kappa shape index (κ2) is 7.57. The van der Waals surface area contributed by atoms with E-state index in [1.54, 1.807) is 0 Å². The SMILES string of the molecule is CC(C)CCC(C)NC(=O)N1CCCCCC1. The highest BCUT2D eigenvalue weighted by Gasteiger charge is 2.16. The molecule has 0 saturated carbocycles. The van der Waals surface area contributed by atoms with Crippen LogP contribution in [0.1, 0.15) is 59.3 Å². The molecule has 17 heavy (non-hydrogen) atoms. The molecule has 1 aliphatic rings. The van der Waals surface area contributed by atoms with Gasteiger partial charge in [0.15, 0.2) is 0 Å². The fourth-order valence-electron chi connectivity index (χ4n) is 2.23. The van der Waals surface area contributed by atoms with Gasteiger partial charge in [0.05, 0.1) is 0 Å². The molecule has 0 aliphatic carbocycles. The zero-order chi connectivity index (χ0) is 12.7. The van der Waals surface area contributed by atoms with Crippen molar-refractivity contribution in [2.24, 2.45) is 5.92 Å². The Bertz CT molecular complexity index is 220. The third-order valence-corrected chi connectivity index (χ3v) is 3.44. The number of carbonyl (C=O) groups excluding carboxylic acids is 1. The number of amides is 2. The lowest BCUT2D eigenvalue weighted by Gasteiger charge is -2.24. The number of urea groups is 1. The van der Waals surface area contributed by atoms with Crippen molar-refractivity contribution < 1.29 is 4.79 Å². The lowest BCUT2D eigenvalue weighted by molar-refractivity contribution is 0.195. The van der Waals surface area contributed by atoms with Crippen LogP contribution in [-0.2, 0) is 0 Å². The zero-order valence-corrected chi connectivity index (χ0v) is 11.7. The van der Waals surface area contributed by atoms with Crippen molar-refractivity contribution in [3.8, 4) is 0 Å². The molecular weight excluding hydrogens is 212 g/mol. The molecule has 0 radical (unpaired) electrons. The molecule has 1 rings (SSSR count). The summed E-state index contributed by atoms with van der Waals surface area (Å²) in [5, 5.41) is 3.12. The van der Waals surface area contributed by atoms with Gasteiger partial charge in [-0.25, -0.2) is 4.79 Å². The highest BCUT2D eigenvalue weighted by Crippen LogP contribution is 2.11. The molecule has 100 valence electrons. The minimum atomic E-state index is 0.142. The second-order valence-electron chi connectivity index (χ2n) is 5.72. The molecule has 1 aliphatic heterocycles. The summed E-state index contributed by atoms with van der Waals surface area (Å²) < 4.78 is 0. The highest BCUT2D eigenvalue weighted by molar-refractivity contribution is 5.74. The van der Waals surface area contributed by atoms with Crippen LogP contribution in [0.5, 0.6) is 0 Å². The van der Waals surface area contributed by atoms with E-state index >= 15 is 0 Å². The van der Waals surface area contributed by atoms with Crippen LogP contribution in [-0.4, -0.2) is 30.1 Å². The predicted molar refractivity (Wildman–Crippen MR) is 72.1 cm³/mol. The fraction of sp³-hybridized carbons (Fsp3) is 0.929. The number of nitrogens with one attached hydrogen (secondary N) is 1. The standard InChI is InChI=1S/C14H28N2O/c1-12(2)8-9-13(3)15-14(17)16-10-6-4-5-7-11-16/h12-13H,4-11H2,1-3H3,(H,15,17). The Hall–Kier alpha value is -0.730. The average Bonchev–Trinajstić information content (AvgIpc) is 2.54. The van der Waals surface area contributed by atoms with Crippen LogP contribution in [0.4, 0.5) is 4.79 Å². The Kier molecular flexibility index (Phi) is 6.38. The lowest BCUT2D eigenvalue weighted by atomic mass is 10.0. The topological polar surface area (TPSA) is 32.3 Å². The van der Waals surface area contributed by atoms with Gasteiger partial charge < -0.3 is 10.2 Å². The van der Waals surface area contributed by atoms with Crippen LogP contribution >= 0.6 is 0 Å². The number of rotatable bonds is 4. The van der Waals surface area contributed by atoms with Gasteiger partial charge in [-0.1, -0.05) is 26.7 Å². The Labute approximate surface area is 106 Å². The normalized spacial score (nSPS) is 18.9. The minimum Gasteiger partial charge on any atom is -0.336 e. The molecular formula is C14H28N2O. The van der Waals surface area contributed by atoms with E-state index in [-0.39, 0.29) is 6.03 Å². The summed E-state index contributed by atoms with van der Waals surface area (Å²) in [4.78, 5) is 14.0. The van der Waals surface area contributed by atoms with Crippen LogP contribution in [0.3, 0.4) is 0 Å². The molecule has 3 nitrogen and oxygen atoms in total. The van der Waals surface area contributed by atoms with Crippen LogP contribution < -0.4 is 5.32 Å². The summed E-state index contributed by atoms with van der Waals surface area (Å²) in [6.07, 6.45) is 7.12. The Morgan fingerprint density at radius 3 is 2.18 bits per heavy atom. The molecule has 1 heterocycles. The van der Waals surface area contributed by atoms with Crippen molar-refractivity contribution in [3.63, 3.8) is 0 Å². The molecule has 1 atom stereocenters. The van der Waals surface area contributed by atoms with Crippen molar-refractivity contribution in [2.75, 3.05) is 13.1 Å². The molecule has 0 aromatic heterocycles. The Morgan fingerprint density at radius 2 is 1.65 bits per heavy atom. The second-order valence-corrected chi connectivity index (χ2v) is 5.72. The average molecular weight is 240 g/mol. The number of hydrogen-bond donors (Lipinski definition) is 1. The molecule has 0 aromatic rings. The summed E-state index contributed by atoms with van der Waals surface area (Å²) in [6, 6.07) is 0.441. The van der Waals surface area contributed by atoms with E-state index in [0.717, 1.165) is 32.4 Å². The van der Waals surface area contributed by atoms with E-state index in [0.29, 0.717) is 12.0 Å². The van der Waals surface area contributed by atoms with E-state index in [1.165, 1.54) is 19.3 Å². The smallest absolute Gasteiger partial charge is 0.317 e. The van der Waals surface area contributed by atoms with Gasteiger partial charge >= 0.3 is 6.03 Å². The van der Waals surface area contributed by atoms with Crippen LogP contribution in [0, 0.1) is 5.92 Å². The van der Waals surface area contributed by atoms with E-state index in [2.05, 4.69) is 26.1 Å². The maximum Gasteiger partial charge on any atom is 0.317 e. The zero-order valence-electron chi connectivity index (χ0n) is 11.7. The lowest BCUT2D eigenvalue weighted by Crippen LogP contribution is -2.44. The van der Waals surface area contributed by atoms with Gasteiger partial charge in [-0.3, -0.25) is 0 Å². The van der Waals surface area contributed by atoms with Gasteiger partial charge in [0, 0.05) is 19.1 Å². The molecule has 1 saturated heterocycles. The number of nitrogens with zero attached hydrogens (tertiary/aromatic N) is 1. The van der Waals surface area contributed by atoms with Crippen LogP contribution in [0.25, 0.3) is 0 Å². The maximum absolute atomic E-state index is 12.0. The highest BCUT2D eigenvalue weighted by atomic mass is 16.2. The first kappa shape index (κ1) is 14.3. The summed E-state index contributed by atoms with van der Waals surface area (Å²) in [6.45, 7) is 8.43. The first-order valence-electron chi connectivity index (χ1n) is 7.15. The van der Waals surface area contributed by atoms with Gasteiger partial charge in [0.2, 0.25) is 0 Å². The van der Waals surface area contributed by atoms with E-state index in [9.17, 15) is 4.79 Å². The third-order valence-electron chi connectivity index (χ3n) is 3.44. The van der Waals surface area contributed by atoms with Gasteiger partial charge in [-0.05, 0) is 38.5 Å². The molecule has 1 N–H and O–H groups in total. The largest absolute Gasteiger partial charge is 0.336 e. The molecule has 0 spiro atoms. The molecule has 0 aromatic carbocycles. The molecule has 3 heteroatoms. The van der Waals surface area contributed by atoms with Gasteiger partial charge in [0.25, 0.3) is 0 Å². The number of likely N-dealkylation sites (tertiary alicyclic amines) is 1. The number of hydrogen-bond acceptors (Lipinski definition) is 1. The fourth-order valence-corrected chi connectivity index (χ4v) is 2.23. The summed E-state index contributed by atoms with van der Waals surface area (Å²) >= 11 is 0. The van der Waals surface area contributed by atoms with E-state index < -0.39 is 0 Å². The van der Waals surface area contributed by atoms with E-state index in [1.807, 2.05) is 4.90 Å². The van der Waals surface area contributed by atoms with Crippen molar-refractivity contribution in [2.45, 2.75) is 65.3 Å². The number of carbonyl (C=O) groups is 1. The summed E-state index contributed by atoms with van der Waals surface area (Å²) in [5.41, 5.74) is 0. The van der Waals surface area contributed by atoms with Crippen molar-refractivity contribution in [1.29, 1.82) is 0 Å². The van der Waals surface area contributed by atoms with Crippen molar-refractivity contribution in [3.05, 3.63) is 0 Å². The first-order valence-corrected chi connectivity index (χ1v) is 7.15. The maximum atomic E-state index is 12.0. The van der Waals surface area contributed by atoms with Crippen LogP contribution in [0.2, 0.25) is 0 Å². The predicted octanol–water partition coefficient (Wildman–Crippen LogP) is 3.40. The summed E-state index contributed by atoms with van der Waals surface area (Å²) in [7, 11) is 0.